The summed E-state index contributed by atoms with van der Waals surface area (Å²) in [5, 5.41) is 7.99. The molecule has 0 heterocycles. The molecule has 0 spiro atoms. The van der Waals surface area contributed by atoms with Crippen LogP contribution in [0.2, 0.25) is 0 Å². The molecule has 1 N–H and O–H groups in total. The number of ether oxygens (including phenoxy) is 3. The van der Waals surface area contributed by atoms with Crippen LogP contribution >= 0.6 is 0 Å². The van der Waals surface area contributed by atoms with E-state index in [1.807, 2.05) is 0 Å². The van der Waals surface area contributed by atoms with Gasteiger partial charge in [-0.25, -0.2) is 9.59 Å². The molecule has 0 aliphatic carbocycles. The van der Waals surface area contributed by atoms with Crippen molar-refractivity contribution in [3.8, 4) is 0 Å². The third kappa shape index (κ3) is 7.07. The van der Waals surface area contributed by atoms with Gasteiger partial charge in [-0.15, -0.1) is 0 Å². The summed E-state index contributed by atoms with van der Waals surface area (Å²) in [5.74, 6) is 0. The molecule has 6 nitrogen and oxygen atoms in total. The minimum absolute atomic E-state index is 0.0439. The maximum absolute atomic E-state index is 10.5. The van der Waals surface area contributed by atoms with E-state index in [-0.39, 0.29) is 12.7 Å². The first kappa shape index (κ1) is 11.7. The van der Waals surface area contributed by atoms with Crippen LogP contribution in [0.4, 0.5) is 9.59 Å². The Morgan fingerprint density at radius 3 is 2.54 bits per heavy atom. The Bertz CT molecular complexity index is 178. The maximum Gasteiger partial charge on any atom is 0.518 e. The van der Waals surface area contributed by atoms with E-state index < -0.39 is 12.3 Å². The minimum Gasteiger partial charge on any atom is -0.449 e. The second kappa shape index (κ2) is 6.24. The summed E-state index contributed by atoms with van der Waals surface area (Å²) in [6.45, 7) is 1.87. The number of carbonyl (C=O) groups excluding carboxylic acids is 1. The highest BCUT2D eigenvalue weighted by molar-refractivity contribution is 5.75. The van der Waals surface area contributed by atoms with Crippen molar-refractivity contribution in [2.45, 2.75) is 19.4 Å². The Labute approximate surface area is 75.4 Å². The fraction of sp³-hybridized carbons (Fsp3) is 0.714. The SMILES string of the molecule is COC(C)CCOC(=O)OC(=O)O. The first-order valence-corrected chi connectivity index (χ1v) is 3.66. The predicted octanol–water partition coefficient (Wildman–Crippen LogP) is 1.24. The number of hydrogen-bond donors (Lipinski definition) is 1. The smallest absolute Gasteiger partial charge is 0.449 e. The van der Waals surface area contributed by atoms with Gasteiger partial charge in [-0.1, -0.05) is 0 Å². The van der Waals surface area contributed by atoms with Gasteiger partial charge in [0.2, 0.25) is 0 Å². The van der Waals surface area contributed by atoms with Crippen molar-refractivity contribution >= 4 is 12.3 Å². The molecule has 1 atom stereocenters. The fourth-order valence-electron chi connectivity index (χ4n) is 0.527. The molecule has 0 rings (SSSR count). The molecule has 0 saturated heterocycles. The summed E-state index contributed by atoms with van der Waals surface area (Å²) >= 11 is 0. The lowest BCUT2D eigenvalue weighted by atomic mass is 10.3. The Balaban J connectivity index is 3.42. The van der Waals surface area contributed by atoms with E-state index in [4.69, 9.17) is 9.84 Å². The summed E-state index contributed by atoms with van der Waals surface area (Å²) in [4.78, 5) is 20.3. The van der Waals surface area contributed by atoms with Crippen LogP contribution in [0.25, 0.3) is 0 Å². The number of carbonyl (C=O) groups is 2. The molecule has 0 aliphatic heterocycles. The van der Waals surface area contributed by atoms with Crippen molar-refractivity contribution in [3.63, 3.8) is 0 Å². The summed E-state index contributed by atoms with van der Waals surface area (Å²) in [6.07, 6.45) is -2.44. The molecule has 0 radical (unpaired) electrons. The number of carboxylic acid groups (broad SMARTS) is 1. The molecule has 0 aromatic rings. The third-order valence-corrected chi connectivity index (χ3v) is 1.32. The van der Waals surface area contributed by atoms with Crippen molar-refractivity contribution in [3.05, 3.63) is 0 Å². The Morgan fingerprint density at radius 1 is 1.46 bits per heavy atom. The lowest BCUT2D eigenvalue weighted by Gasteiger charge is -2.08. The average molecular weight is 192 g/mol. The van der Waals surface area contributed by atoms with Gasteiger partial charge in [-0.2, -0.15) is 0 Å². The monoisotopic (exact) mass is 192 g/mol. The predicted molar refractivity (Wildman–Crippen MR) is 41.5 cm³/mol. The van der Waals surface area contributed by atoms with Gasteiger partial charge in [0.1, 0.15) is 0 Å². The summed E-state index contributed by atoms with van der Waals surface area (Å²) < 4.78 is 12.9. The van der Waals surface area contributed by atoms with E-state index in [1.165, 1.54) is 7.11 Å². The lowest BCUT2D eigenvalue weighted by molar-refractivity contribution is 0.0396. The van der Waals surface area contributed by atoms with Crippen LogP contribution in [0.1, 0.15) is 13.3 Å². The van der Waals surface area contributed by atoms with Crippen LogP contribution in [0.3, 0.4) is 0 Å². The molecule has 0 aromatic heterocycles. The zero-order valence-corrected chi connectivity index (χ0v) is 7.48. The normalized spacial score (nSPS) is 11.8. The quantitative estimate of drug-likeness (QED) is 0.533. The molecular weight excluding hydrogens is 180 g/mol. The largest absolute Gasteiger partial charge is 0.518 e. The second-order valence-electron chi connectivity index (χ2n) is 2.30. The molecule has 76 valence electrons. The van der Waals surface area contributed by atoms with Crippen molar-refractivity contribution in [1.82, 2.24) is 0 Å². The second-order valence-corrected chi connectivity index (χ2v) is 2.30. The Kier molecular flexibility index (Phi) is 5.62. The summed E-state index contributed by atoms with van der Waals surface area (Å²) in [5.41, 5.74) is 0. The number of rotatable bonds is 4. The van der Waals surface area contributed by atoms with E-state index in [1.54, 1.807) is 6.92 Å². The van der Waals surface area contributed by atoms with Crippen LogP contribution in [-0.2, 0) is 14.2 Å². The molecule has 0 bridgehead atoms. The molecule has 13 heavy (non-hydrogen) atoms. The van der Waals surface area contributed by atoms with Gasteiger partial charge in [-0.3, -0.25) is 0 Å². The van der Waals surface area contributed by atoms with Crippen molar-refractivity contribution in [2.75, 3.05) is 13.7 Å². The minimum atomic E-state index is -1.68. The molecule has 0 fully saturated rings. The fourth-order valence-corrected chi connectivity index (χ4v) is 0.527. The maximum atomic E-state index is 10.5. The van der Waals surface area contributed by atoms with Crippen molar-refractivity contribution in [2.24, 2.45) is 0 Å². The van der Waals surface area contributed by atoms with Gasteiger partial charge in [0.05, 0.1) is 12.7 Å². The Hall–Kier alpha value is -1.30. The molecule has 0 amide bonds. The number of methoxy groups -OCH3 is 1. The van der Waals surface area contributed by atoms with Crippen LogP contribution in [0, 0.1) is 0 Å². The Morgan fingerprint density at radius 2 is 2.08 bits per heavy atom. The van der Waals surface area contributed by atoms with Gasteiger partial charge in [-0.05, 0) is 6.92 Å². The highest BCUT2D eigenvalue weighted by atomic mass is 16.8. The van der Waals surface area contributed by atoms with E-state index in [2.05, 4.69) is 9.47 Å². The first-order valence-electron chi connectivity index (χ1n) is 3.66. The summed E-state index contributed by atoms with van der Waals surface area (Å²) in [6, 6.07) is 0. The highest BCUT2D eigenvalue weighted by Crippen LogP contribution is 1.96. The number of hydrogen-bond acceptors (Lipinski definition) is 5. The first-order chi connectivity index (χ1) is 6.06. The van der Waals surface area contributed by atoms with Crippen LogP contribution in [0.5, 0.6) is 0 Å². The molecule has 1 unspecified atom stereocenters. The van der Waals surface area contributed by atoms with Gasteiger partial charge < -0.3 is 19.3 Å². The third-order valence-electron chi connectivity index (χ3n) is 1.32. The zero-order chi connectivity index (χ0) is 10.3. The zero-order valence-electron chi connectivity index (χ0n) is 7.48. The van der Waals surface area contributed by atoms with Crippen molar-refractivity contribution < 1.29 is 28.9 Å². The average Bonchev–Trinajstić information content (AvgIpc) is 2.02. The van der Waals surface area contributed by atoms with E-state index in [0.717, 1.165) is 0 Å². The van der Waals surface area contributed by atoms with Crippen LogP contribution in [-0.4, -0.2) is 37.2 Å². The molecule has 0 aliphatic rings. The van der Waals surface area contributed by atoms with Gasteiger partial charge in [0.15, 0.2) is 0 Å². The molecule has 0 saturated carbocycles. The molecular formula is C7H12O6. The standard InChI is InChI=1S/C7H12O6/c1-5(11-2)3-4-12-7(10)13-6(8)9/h5H,3-4H2,1-2H3,(H,8,9). The van der Waals surface area contributed by atoms with Gasteiger partial charge >= 0.3 is 12.3 Å². The van der Waals surface area contributed by atoms with Crippen LogP contribution in [0.15, 0.2) is 0 Å². The molecule has 0 aromatic carbocycles. The van der Waals surface area contributed by atoms with E-state index in [0.29, 0.717) is 6.42 Å². The van der Waals surface area contributed by atoms with Gasteiger partial charge in [0.25, 0.3) is 0 Å². The van der Waals surface area contributed by atoms with Crippen LogP contribution < -0.4 is 0 Å². The van der Waals surface area contributed by atoms with E-state index in [9.17, 15) is 9.59 Å². The van der Waals surface area contributed by atoms with Gasteiger partial charge in [0, 0.05) is 13.5 Å². The van der Waals surface area contributed by atoms with Crippen molar-refractivity contribution in [1.29, 1.82) is 0 Å². The summed E-state index contributed by atoms with van der Waals surface area (Å²) in [7, 11) is 1.53. The lowest BCUT2D eigenvalue weighted by Crippen LogP contribution is -2.15. The topological polar surface area (TPSA) is 82.1 Å². The van der Waals surface area contributed by atoms with E-state index >= 15 is 0 Å². The molecule has 6 heteroatoms. The highest BCUT2D eigenvalue weighted by Gasteiger charge is 2.09.